The van der Waals surface area contributed by atoms with Gasteiger partial charge in [0.1, 0.15) is 0 Å². The van der Waals surface area contributed by atoms with Gasteiger partial charge in [-0.2, -0.15) is 0 Å². The Morgan fingerprint density at radius 2 is 1.77 bits per heavy atom. The van der Waals surface area contributed by atoms with Crippen LogP contribution in [0.2, 0.25) is 0 Å². The molecule has 0 saturated carbocycles. The second kappa shape index (κ2) is 7.97. The summed E-state index contributed by atoms with van der Waals surface area (Å²) in [5.41, 5.74) is 0.848. The van der Waals surface area contributed by atoms with Crippen LogP contribution >= 0.6 is 0 Å². The summed E-state index contributed by atoms with van der Waals surface area (Å²) < 4.78 is 6.29. The molecule has 3 heterocycles. The third kappa shape index (κ3) is 4.04. The maximum Gasteiger partial charge on any atom is 0.321 e. The Kier molecular flexibility index (Phi) is 5.46. The molecule has 0 bridgehead atoms. The highest BCUT2D eigenvalue weighted by molar-refractivity contribution is 5.89. The molecule has 5 heteroatoms. The fourth-order valence-electron chi connectivity index (χ4n) is 4.79. The van der Waals surface area contributed by atoms with Gasteiger partial charge in [0, 0.05) is 31.4 Å². The number of urea groups is 1. The van der Waals surface area contributed by atoms with Gasteiger partial charge in [0.05, 0.1) is 5.60 Å². The lowest BCUT2D eigenvalue weighted by Crippen LogP contribution is -2.55. The number of piperidine rings is 2. The van der Waals surface area contributed by atoms with Gasteiger partial charge >= 0.3 is 6.03 Å². The standard InChI is InChI=1S/C21H31N3O2/c25-20(22-18-7-3-1-4-8-18)24-14-10-21(11-15-24)17-19(9-16-26-21)23-12-5-2-6-13-23/h1,3-4,7-8,19H,2,5-6,9-17H2,(H,22,25). The number of hydrogen-bond donors (Lipinski definition) is 1. The van der Waals surface area contributed by atoms with Gasteiger partial charge < -0.3 is 19.9 Å². The van der Waals surface area contributed by atoms with Gasteiger partial charge in [-0.3, -0.25) is 0 Å². The summed E-state index contributed by atoms with van der Waals surface area (Å²) in [4.78, 5) is 17.1. The fraction of sp³-hybridized carbons (Fsp3) is 0.667. The molecule has 3 aliphatic heterocycles. The molecular formula is C21H31N3O2. The Bertz CT molecular complexity index is 593. The van der Waals surface area contributed by atoms with Crippen molar-refractivity contribution >= 4 is 11.7 Å². The van der Waals surface area contributed by atoms with E-state index in [1.54, 1.807) is 0 Å². The predicted octanol–water partition coefficient (Wildman–Crippen LogP) is 3.72. The minimum Gasteiger partial charge on any atom is -0.375 e. The number of likely N-dealkylation sites (tertiary alicyclic amines) is 2. The molecule has 1 N–H and O–H groups in total. The van der Waals surface area contributed by atoms with Crippen molar-refractivity contribution < 1.29 is 9.53 Å². The first-order valence-corrected chi connectivity index (χ1v) is 10.2. The van der Waals surface area contributed by atoms with E-state index in [1.807, 2.05) is 35.2 Å². The summed E-state index contributed by atoms with van der Waals surface area (Å²) in [6.07, 6.45) is 8.30. The molecule has 0 radical (unpaired) electrons. The van der Waals surface area contributed by atoms with Gasteiger partial charge in [-0.15, -0.1) is 0 Å². The second-order valence-corrected chi connectivity index (χ2v) is 8.06. The summed E-state index contributed by atoms with van der Waals surface area (Å²) >= 11 is 0. The van der Waals surface area contributed by atoms with Crippen LogP contribution < -0.4 is 5.32 Å². The van der Waals surface area contributed by atoms with Crippen LogP contribution in [0.3, 0.4) is 0 Å². The van der Waals surface area contributed by atoms with Gasteiger partial charge in [-0.05, 0) is 63.7 Å². The van der Waals surface area contributed by atoms with E-state index >= 15 is 0 Å². The number of ether oxygens (including phenoxy) is 1. The molecule has 1 spiro atoms. The molecular weight excluding hydrogens is 326 g/mol. The zero-order valence-corrected chi connectivity index (χ0v) is 15.7. The van der Waals surface area contributed by atoms with E-state index in [4.69, 9.17) is 4.74 Å². The summed E-state index contributed by atoms with van der Waals surface area (Å²) in [5.74, 6) is 0. The van der Waals surface area contributed by atoms with Crippen LogP contribution in [0.1, 0.15) is 44.9 Å². The van der Waals surface area contributed by atoms with Crippen LogP contribution in [0.4, 0.5) is 10.5 Å². The summed E-state index contributed by atoms with van der Waals surface area (Å²) in [6, 6.07) is 10.4. The van der Waals surface area contributed by atoms with Crippen molar-refractivity contribution in [1.29, 1.82) is 0 Å². The maximum absolute atomic E-state index is 12.5. The van der Waals surface area contributed by atoms with Crippen LogP contribution in [0, 0.1) is 0 Å². The van der Waals surface area contributed by atoms with Crippen molar-refractivity contribution in [3.8, 4) is 0 Å². The van der Waals surface area contributed by atoms with Crippen LogP contribution in [0.25, 0.3) is 0 Å². The average Bonchev–Trinajstić information content (AvgIpc) is 2.70. The Balaban J connectivity index is 1.31. The van der Waals surface area contributed by atoms with Crippen molar-refractivity contribution in [2.45, 2.75) is 56.6 Å². The Labute approximate surface area is 156 Å². The third-order valence-corrected chi connectivity index (χ3v) is 6.36. The highest BCUT2D eigenvalue weighted by atomic mass is 16.5. The topological polar surface area (TPSA) is 44.8 Å². The molecule has 0 aromatic heterocycles. The number of rotatable bonds is 2. The highest BCUT2D eigenvalue weighted by Crippen LogP contribution is 2.37. The fourth-order valence-corrected chi connectivity index (χ4v) is 4.79. The first-order chi connectivity index (χ1) is 12.7. The Morgan fingerprint density at radius 1 is 1.04 bits per heavy atom. The molecule has 1 aromatic rings. The van der Waals surface area contributed by atoms with Crippen molar-refractivity contribution in [2.24, 2.45) is 0 Å². The molecule has 3 saturated heterocycles. The second-order valence-electron chi connectivity index (χ2n) is 8.06. The lowest BCUT2D eigenvalue weighted by atomic mass is 9.81. The number of amides is 2. The lowest BCUT2D eigenvalue weighted by Gasteiger charge is -2.49. The zero-order valence-electron chi connectivity index (χ0n) is 15.7. The quantitative estimate of drug-likeness (QED) is 0.877. The van der Waals surface area contributed by atoms with E-state index in [0.29, 0.717) is 6.04 Å². The van der Waals surface area contributed by atoms with Crippen molar-refractivity contribution in [3.05, 3.63) is 30.3 Å². The number of hydrogen-bond acceptors (Lipinski definition) is 3. The van der Waals surface area contributed by atoms with Gasteiger partial charge in [0.2, 0.25) is 0 Å². The van der Waals surface area contributed by atoms with E-state index < -0.39 is 0 Å². The molecule has 5 nitrogen and oxygen atoms in total. The Hall–Kier alpha value is -1.59. The summed E-state index contributed by atoms with van der Waals surface area (Å²) in [5, 5.41) is 3.00. The molecule has 3 fully saturated rings. The normalized spacial score (nSPS) is 26.6. The summed E-state index contributed by atoms with van der Waals surface area (Å²) in [6.45, 7) is 4.95. The van der Waals surface area contributed by atoms with Crippen LogP contribution in [0.15, 0.2) is 30.3 Å². The predicted molar refractivity (Wildman–Crippen MR) is 103 cm³/mol. The molecule has 1 atom stereocenters. The highest BCUT2D eigenvalue weighted by Gasteiger charge is 2.42. The minimum atomic E-state index is -0.0100. The number of nitrogens with one attached hydrogen (secondary N) is 1. The molecule has 3 aliphatic rings. The largest absolute Gasteiger partial charge is 0.375 e. The first-order valence-electron chi connectivity index (χ1n) is 10.2. The molecule has 142 valence electrons. The molecule has 4 rings (SSSR count). The lowest BCUT2D eigenvalue weighted by molar-refractivity contribution is -0.130. The van der Waals surface area contributed by atoms with Crippen LogP contribution in [-0.4, -0.2) is 60.3 Å². The third-order valence-electron chi connectivity index (χ3n) is 6.36. The average molecular weight is 357 g/mol. The van der Waals surface area contributed by atoms with Crippen molar-refractivity contribution in [3.63, 3.8) is 0 Å². The molecule has 0 aliphatic carbocycles. The minimum absolute atomic E-state index is 0.00874. The van der Waals surface area contributed by atoms with Gasteiger partial charge in [0.25, 0.3) is 0 Å². The van der Waals surface area contributed by atoms with E-state index in [0.717, 1.165) is 44.6 Å². The zero-order chi connectivity index (χ0) is 17.8. The maximum atomic E-state index is 12.5. The van der Waals surface area contributed by atoms with Crippen LogP contribution in [0.5, 0.6) is 0 Å². The number of anilines is 1. The molecule has 1 aromatic carbocycles. The van der Waals surface area contributed by atoms with E-state index in [2.05, 4.69) is 10.2 Å². The number of para-hydroxylation sites is 1. The van der Waals surface area contributed by atoms with Crippen molar-refractivity contribution in [1.82, 2.24) is 9.80 Å². The molecule has 26 heavy (non-hydrogen) atoms. The number of carbonyl (C=O) groups is 1. The number of carbonyl (C=O) groups excluding carboxylic acids is 1. The summed E-state index contributed by atoms with van der Waals surface area (Å²) in [7, 11) is 0. The van der Waals surface area contributed by atoms with Crippen molar-refractivity contribution in [2.75, 3.05) is 38.1 Å². The molecule has 2 amide bonds. The van der Waals surface area contributed by atoms with Gasteiger partial charge in [-0.1, -0.05) is 24.6 Å². The van der Waals surface area contributed by atoms with Crippen LogP contribution in [-0.2, 0) is 4.74 Å². The number of benzene rings is 1. The number of nitrogens with zero attached hydrogens (tertiary/aromatic N) is 2. The SMILES string of the molecule is O=C(Nc1ccccc1)N1CCC2(CC1)CC(N1CCCCC1)CCO2. The smallest absolute Gasteiger partial charge is 0.321 e. The van der Waals surface area contributed by atoms with Gasteiger partial charge in [-0.25, -0.2) is 4.79 Å². The monoisotopic (exact) mass is 357 g/mol. The first kappa shape index (κ1) is 17.8. The van der Waals surface area contributed by atoms with E-state index in [-0.39, 0.29) is 11.6 Å². The Morgan fingerprint density at radius 3 is 2.50 bits per heavy atom. The van der Waals surface area contributed by atoms with E-state index in [9.17, 15) is 4.79 Å². The molecule has 1 unspecified atom stereocenters. The van der Waals surface area contributed by atoms with Gasteiger partial charge in [0.15, 0.2) is 0 Å². The van der Waals surface area contributed by atoms with E-state index in [1.165, 1.54) is 38.8 Å².